The maximum Gasteiger partial charge on any atom is 0.213 e. The van der Waals surface area contributed by atoms with Gasteiger partial charge in [0.25, 0.3) is 0 Å². The summed E-state index contributed by atoms with van der Waals surface area (Å²) in [6.07, 6.45) is 2.02. The molecular weight excluding hydrogens is 176 g/mol. The largest absolute Gasteiger partial charge is 0.366 e. The molecule has 2 N–H and O–H groups in total. The minimum absolute atomic E-state index is 0.624. The number of thiocarbonyl (C=S) groups is 1. The molecule has 66 valence electrons. The predicted octanol–water partition coefficient (Wildman–Crippen LogP) is -0.294. The normalized spacial score (nSPS) is 9.42. The highest BCUT2D eigenvalue weighted by molar-refractivity contribution is 7.80. The second-order valence-corrected chi connectivity index (χ2v) is 2.51. The molecular formula is C6H10N4OS. The Bertz CT molecular complexity index is 236. The molecule has 1 aromatic rings. The Morgan fingerprint density at radius 2 is 2.58 bits per heavy atom. The van der Waals surface area contributed by atoms with Crippen molar-refractivity contribution in [1.82, 2.24) is 20.8 Å². The summed E-state index contributed by atoms with van der Waals surface area (Å²) in [5.41, 5.74) is 0. The van der Waals surface area contributed by atoms with Crippen LogP contribution in [0.2, 0.25) is 0 Å². The summed E-state index contributed by atoms with van der Waals surface area (Å²) in [5.74, 6) is 0.682. The molecule has 0 bridgehead atoms. The van der Waals surface area contributed by atoms with Crippen molar-refractivity contribution in [3.63, 3.8) is 0 Å². The lowest BCUT2D eigenvalue weighted by Gasteiger charge is -2.03. The van der Waals surface area contributed by atoms with E-state index in [0.717, 1.165) is 0 Å². The van der Waals surface area contributed by atoms with E-state index in [0.29, 0.717) is 23.9 Å². The van der Waals surface area contributed by atoms with Gasteiger partial charge >= 0.3 is 0 Å². The van der Waals surface area contributed by atoms with E-state index in [9.17, 15) is 0 Å². The molecule has 6 heteroatoms. The smallest absolute Gasteiger partial charge is 0.213 e. The van der Waals surface area contributed by atoms with E-state index in [2.05, 4.69) is 25.3 Å². The summed E-state index contributed by atoms with van der Waals surface area (Å²) in [6.45, 7) is 0.708. The third-order valence-electron chi connectivity index (χ3n) is 1.27. The van der Waals surface area contributed by atoms with Crippen LogP contribution >= 0.6 is 12.2 Å². The van der Waals surface area contributed by atoms with Gasteiger partial charge in [0.15, 0.2) is 10.9 Å². The van der Waals surface area contributed by atoms with Crippen molar-refractivity contribution in [2.45, 2.75) is 6.42 Å². The van der Waals surface area contributed by atoms with Crippen LogP contribution in [-0.2, 0) is 6.42 Å². The van der Waals surface area contributed by atoms with E-state index in [1.165, 1.54) is 6.39 Å². The zero-order valence-corrected chi connectivity index (χ0v) is 7.52. The van der Waals surface area contributed by atoms with Crippen LogP contribution in [0.4, 0.5) is 0 Å². The highest BCUT2D eigenvalue weighted by atomic mass is 32.1. The number of hydrogen-bond donors (Lipinski definition) is 2. The maximum absolute atomic E-state index is 4.86. The van der Waals surface area contributed by atoms with Gasteiger partial charge in [0.05, 0.1) is 0 Å². The van der Waals surface area contributed by atoms with Gasteiger partial charge < -0.3 is 15.2 Å². The fourth-order valence-electron chi connectivity index (χ4n) is 0.679. The SMILES string of the molecule is CNC(=S)NCCc1ncon1. The van der Waals surface area contributed by atoms with Gasteiger partial charge in [0, 0.05) is 20.0 Å². The van der Waals surface area contributed by atoms with Gasteiger partial charge in [-0.15, -0.1) is 0 Å². The van der Waals surface area contributed by atoms with E-state index < -0.39 is 0 Å². The summed E-state index contributed by atoms with van der Waals surface area (Å²) in [7, 11) is 1.77. The Hall–Kier alpha value is -1.17. The molecule has 1 aromatic heterocycles. The third-order valence-corrected chi connectivity index (χ3v) is 1.62. The molecule has 0 fully saturated rings. The number of rotatable bonds is 3. The highest BCUT2D eigenvalue weighted by Gasteiger charge is 1.97. The Morgan fingerprint density at radius 3 is 3.17 bits per heavy atom. The lowest BCUT2D eigenvalue weighted by molar-refractivity contribution is 0.410. The van der Waals surface area contributed by atoms with Crippen molar-refractivity contribution in [1.29, 1.82) is 0 Å². The number of hydrogen-bond acceptors (Lipinski definition) is 4. The monoisotopic (exact) mass is 186 g/mol. The molecule has 0 radical (unpaired) electrons. The first kappa shape index (κ1) is 8.92. The van der Waals surface area contributed by atoms with Crippen LogP contribution in [0, 0.1) is 0 Å². The van der Waals surface area contributed by atoms with Crippen LogP contribution in [0.3, 0.4) is 0 Å². The second-order valence-electron chi connectivity index (χ2n) is 2.10. The summed E-state index contributed by atoms with van der Waals surface area (Å²) < 4.78 is 4.56. The van der Waals surface area contributed by atoms with Gasteiger partial charge in [0.2, 0.25) is 6.39 Å². The van der Waals surface area contributed by atoms with Gasteiger partial charge in [-0.05, 0) is 12.2 Å². The van der Waals surface area contributed by atoms with Gasteiger partial charge in [-0.1, -0.05) is 5.16 Å². The molecule has 0 saturated carbocycles. The predicted molar refractivity (Wildman–Crippen MR) is 47.7 cm³/mol. The number of nitrogens with one attached hydrogen (secondary N) is 2. The Kier molecular flexibility index (Phi) is 3.46. The quantitative estimate of drug-likeness (QED) is 0.632. The molecule has 0 amide bonds. The lowest BCUT2D eigenvalue weighted by atomic mass is 10.4. The molecule has 1 rings (SSSR count). The second kappa shape index (κ2) is 4.66. The standard InChI is InChI=1S/C6H10N4OS/c1-7-6(12)8-3-2-5-9-4-11-10-5/h4H,2-3H2,1H3,(H2,7,8,12). The molecule has 0 aliphatic rings. The summed E-state index contributed by atoms with van der Waals surface area (Å²) in [4.78, 5) is 3.86. The van der Waals surface area contributed by atoms with Crippen LogP contribution in [0.1, 0.15) is 5.82 Å². The van der Waals surface area contributed by atoms with Crippen molar-refractivity contribution >= 4 is 17.3 Å². The molecule has 0 spiro atoms. The van der Waals surface area contributed by atoms with Gasteiger partial charge in [-0.3, -0.25) is 0 Å². The van der Waals surface area contributed by atoms with E-state index in [4.69, 9.17) is 12.2 Å². The van der Waals surface area contributed by atoms with Crippen molar-refractivity contribution < 1.29 is 4.52 Å². The first-order valence-electron chi connectivity index (χ1n) is 3.53. The van der Waals surface area contributed by atoms with E-state index in [1.54, 1.807) is 7.05 Å². The van der Waals surface area contributed by atoms with Crippen LogP contribution < -0.4 is 10.6 Å². The first-order chi connectivity index (χ1) is 5.83. The lowest BCUT2D eigenvalue weighted by Crippen LogP contribution is -2.33. The molecule has 0 saturated heterocycles. The number of nitrogens with zero attached hydrogens (tertiary/aromatic N) is 2. The minimum Gasteiger partial charge on any atom is -0.366 e. The summed E-state index contributed by atoms with van der Waals surface area (Å²) in [6, 6.07) is 0. The first-order valence-corrected chi connectivity index (χ1v) is 3.94. The van der Waals surface area contributed by atoms with Gasteiger partial charge in [-0.25, -0.2) is 0 Å². The average molecular weight is 186 g/mol. The summed E-state index contributed by atoms with van der Waals surface area (Å²) >= 11 is 4.86. The topological polar surface area (TPSA) is 63.0 Å². The van der Waals surface area contributed by atoms with E-state index in [1.807, 2.05) is 0 Å². The van der Waals surface area contributed by atoms with Gasteiger partial charge in [-0.2, -0.15) is 4.98 Å². The molecule has 0 aliphatic carbocycles. The third kappa shape index (κ3) is 2.83. The van der Waals surface area contributed by atoms with Crippen LogP contribution in [-0.4, -0.2) is 28.8 Å². The van der Waals surface area contributed by atoms with Crippen LogP contribution in [0.25, 0.3) is 0 Å². The highest BCUT2D eigenvalue weighted by Crippen LogP contribution is 1.87. The molecule has 0 atom stereocenters. The average Bonchev–Trinajstić information content (AvgIpc) is 2.57. The van der Waals surface area contributed by atoms with Gasteiger partial charge in [0.1, 0.15) is 0 Å². The Morgan fingerprint density at radius 1 is 1.75 bits per heavy atom. The van der Waals surface area contributed by atoms with Crippen molar-refractivity contribution in [3.8, 4) is 0 Å². The molecule has 1 heterocycles. The Balaban J connectivity index is 2.15. The maximum atomic E-state index is 4.86. The zero-order valence-electron chi connectivity index (χ0n) is 6.70. The van der Waals surface area contributed by atoms with Crippen molar-refractivity contribution in [2.24, 2.45) is 0 Å². The van der Waals surface area contributed by atoms with Crippen LogP contribution in [0.15, 0.2) is 10.9 Å². The van der Waals surface area contributed by atoms with E-state index >= 15 is 0 Å². The Labute approximate surface area is 75.5 Å². The molecule has 0 aromatic carbocycles. The minimum atomic E-state index is 0.624. The number of aromatic nitrogens is 2. The molecule has 0 aliphatic heterocycles. The zero-order chi connectivity index (χ0) is 8.81. The van der Waals surface area contributed by atoms with E-state index in [-0.39, 0.29) is 0 Å². The summed E-state index contributed by atoms with van der Waals surface area (Å²) in [5, 5.41) is 10.0. The fraction of sp³-hybridized carbons (Fsp3) is 0.500. The van der Waals surface area contributed by atoms with Crippen molar-refractivity contribution in [2.75, 3.05) is 13.6 Å². The van der Waals surface area contributed by atoms with Crippen LogP contribution in [0.5, 0.6) is 0 Å². The molecule has 12 heavy (non-hydrogen) atoms. The fourth-order valence-corrected chi connectivity index (χ4v) is 0.781. The van der Waals surface area contributed by atoms with Crippen molar-refractivity contribution in [3.05, 3.63) is 12.2 Å². The molecule has 0 unspecified atom stereocenters. The molecule has 5 nitrogen and oxygen atoms in total.